The van der Waals surface area contributed by atoms with Crippen LogP contribution in [0.1, 0.15) is 12.8 Å². The summed E-state index contributed by atoms with van der Waals surface area (Å²) in [4.78, 5) is 0. The number of halogens is 1. The summed E-state index contributed by atoms with van der Waals surface area (Å²) < 4.78 is 5.45. The van der Waals surface area contributed by atoms with E-state index in [4.69, 9.17) is 4.74 Å². The van der Waals surface area contributed by atoms with Crippen molar-refractivity contribution in [2.45, 2.75) is 12.8 Å². The average Bonchev–Trinajstić information content (AvgIpc) is 2.07. The molecule has 0 aliphatic carbocycles. The van der Waals surface area contributed by atoms with Crippen molar-refractivity contribution in [3.8, 4) is 0 Å². The molecule has 2 aliphatic heterocycles. The maximum atomic E-state index is 5.45. The highest BCUT2D eigenvalue weighted by atomic mass is 35.5. The molecule has 0 aromatic carbocycles. The van der Waals surface area contributed by atoms with Crippen LogP contribution in [0.2, 0.25) is 0 Å². The lowest BCUT2D eigenvalue weighted by Gasteiger charge is -2.36. The first-order valence-corrected chi connectivity index (χ1v) is 4.38. The van der Waals surface area contributed by atoms with Gasteiger partial charge < -0.3 is 10.1 Å². The van der Waals surface area contributed by atoms with Gasteiger partial charge in [0.2, 0.25) is 0 Å². The summed E-state index contributed by atoms with van der Waals surface area (Å²) in [6, 6.07) is 0. The fourth-order valence-electron chi connectivity index (χ4n) is 1.91. The molecule has 12 heavy (non-hydrogen) atoms. The van der Waals surface area contributed by atoms with E-state index in [1.54, 1.807) is 0 Å². The minimum atomic E-state index is 0. The normalized spacial score (nSPS) is 26.7. The quantitative estimate of drug-likeness (QED) is 0.582. The third-order valence-electron chi connectivity index (χ3n) is 2.67. The zero-order valence-corrected chi connectivity index (χ0v) is 8.03. The van der Waals surface area contributed by atoms with Crippen LogP contribution in [-0.2, 0) is 4.74 Å². The smallest absolute Gasteiger partial charge is 0.0648 e. The summed E-state index contributed by atoms with van der Waals surface area (Å²) in [5.41, 5.74) is 0.392. The van der Waals surface area contributed by atoms with Gasteiger partial charge in [-0.3, -0.25) is 0 Å². The third-order valence-corrected chi connectivity index (χ3v) is 2.67. The van der Waals surface area contributed by atoms with Crippen LogP contribution in [-0.4, -0.2) is 26.3 Å². The molecule has 0 aromatic heterocycles. The van der Waals surface area contributed by atoms with E-state index >= 15 is 0 Å². The van der Waals surface area contributed by atoms with Crippen molar-refractivity contribution in [2.24, 2.45) is 5.41 Å². The van der Waals surface area contributed by atoms with Gasteiger partial charge in [-0.15, -0.1) is 12.4 Å². The van der Waals surface area contributed by atoms with E-state index in [1.807, 2.05) is 0 Å². The van der Waals surface area contributed by atoms with Crippen LogP contribution in [0, 0.1) is 5.41 Å². The van der Waals surface area contributed by atoms with Crippen LogP contribution in [0.5, 0.6) is 0 Å². The van der Waals surface area contributed by atoms with E-state index in [1.165, 1.54) is 12.8 Å². The van der Waals surface area contributed by atoms with Crippen molar-refractivity contribution >= 4 is 12.4 Å². The largest absolute Gasteiger partial charge is 0.376 e. The van der Waals surface area contributed by atoms with Crippen molar-refractivity contribution in [2.75, 3.05) is 26.3 Å². The average molecular weight is 190 g/mol. The van der Waals surface area contributed by atoms with E-state index < -0.39 is 0 Å². The Morgan fingerprint density at radius 3 is 2.58 bits per heavy atom. The fraction of sp³-hybridized carbons (Fsp3) is 0.778. The molecule has 0 bridgehead atoms. The molecule has 0 atom stereocenters. The van der Waals surface area contributed by atoms with Crippen molar-refractivity contribution in [3.63, 3.8) is 0 Å². The van der Waals surface area contributed by atoms with Gasteiger partial charge in [0.15, 0.2) is 0 Å². The summed E-state index contributed by atoms with van der Waals surface area (Å²) in [6.45, 7) is 4.04. The second kappa shape index (κ2) is 4.26. The molecule has 70 valence electrons. The summed E-state index contributed by atoms with van der Waals surface area (Å²) >= 11 is 0. The molecule has 1 N–H and O–H groups in total. The number of nitrogens with one attached hydrogen (secondary N) is 1. The standard InChI is InChI=1S/C9H15NO.ClH/c1-2-9(8-11-7-1)3-5-10-6-4-9;/h1-2,10H,3-8H2;1H. The lowest BCUT2D eigenvalue weighted by atomic mass is 9.79. The second-order valence-electron chi connectivity index (χ2n) is 3.53. The Bertz CT molecular complexity index is 164. The number of ether oxygens (including phenoxy) is 1. The van der Waals surface area contributed by atoms with Gasteiger partial charge in [-0.05, 0) is 25.9 Å². The van der Waals surface area contributed by atoms with Gasteiger partial charge in [0.05, 0.1) is 13.2 Å². The maximum Gasteiger partial charge on any atom is 0.0648 e. The topological polar surface area (TPSA) is 21.3 Å². The van der Waals surface area contributed by atoms with Crippen LogP contribution < -0.4 is 5.32 Å². The minimum Gasteiger partial charge on any atom is -0.376 e. The lowest BCUT2D eigenvalue weighted by molar-refractivity contribution is 0.0542. The number of hydrogen-bond donors (Lipinski definition) is 1. The first kappa shape index (κ1) is 10.0. The highest BCUT2D eigenvalue weighted by Crippen LogP contribution is 2.32. The van der Waals surface area contributed by atoms with E-state index in [0.717, 1.165) is 26.3 Å². The number of piperidine rings is 1. The van der Waals surface area contributed by atoms with Crippen LogP contribution in [0.25, 0.3) is 0 Å². The number of hydrogen-bond acceptors (Lipinski definition) is 2. The highest BCUT2D eigenvalue weighted by molar-refractivity contribution is 5.85. The summed E-state index contributed by atoms with van der Waals surface area (Å²) in [7, 11) is 0. The Balaban J connectivity index is 0.000000720. The lowest BCUT2D eigenvalue weighted by Crippen LogP contribution is -2.39. The third kappa shape index (κ3) is 2.00. The Kier molecular flexibility index (Phi) is 3.56. The fourth-order valence-corrected chi connectivity index (χ4v) is 1.91. The predicted octanol–water partition coefficient (Wildman–Crippen LogP) is 1.36. The first-order valence-electron chi connectivity index (χ1n) is 4.38. The molecule has 0 radical (unpaired) electrons. The molecule has 0 amide bonds. The molecule has 1 saturated heterocycles. The molecule has 1 spiro atoms. The van der Waals surface area contributed by atoms with Crippen LogP contribution in [0.3, 0.4) is 0 Å². The summed E-state index contributed by atoms with van der Waals surface area (Å²) in [5.74, 6) is 0. The van der Waals surface area contributed by atoms with Gasteiger partial charge in [0, 0.05) is 5.41 Å². The van der Waals surface area contributed by atoms with Gasteiger partial charge in [-0.25, -0.2) is 0 Å². The molecule has 2 heterocycles. The second-order valence-corrected chi connectivity index (χ2v) is 3.53. The van der Waals surface area contributed by atoms with Gasteiger partial charge >= 0.3 is 0 Å². The predicted molar refractivity (Wildman–Crippen MR) is 51.7 cm³/mol. The van der Waals surface area contributed by atoms with Crippen molar-refractivity contribution in [3.05, 3.63) is 12.2 Å². The van der Waals surface area contributed by atoms with Gasteiger partial charge in [0.25, 0.3) is 0 Å². The Morgan fingerprint density at radius 1 is 1.25 bits per heavy atom. The molecule has 3 heteroatoms. The molecule has 2 rings (SSSR count). The summed E-state index contributed by atoms with van der Waals surface area (Å²) in [5, 5.41) is 3.37. The molecular formula is C9H16ClNO. The Morgan fingerprint density at radius 2 is 2.00 bits per heavy atom. The van der Waals surface area contributed by atoms with E-state index in [-0.39, 0.29) is 12.4 Å². The van der Waals surface area contributed by atoms with Crippen molar-refractivity contribution in [1.29, 1.82) is 0 Å². The maximum absolute atomic E-state index is 5.45. The Hall–Kier alpha value is -0.0500. The van der Waals surface area contributed by atoms with Gasteiger partial charge in [-0.1, -0.05) is 12.2 Å². The Labute approximate surface area is 79.8 Å². The minimum absolute atomic E-state index is 0. The molecule has 2 nitrogen and oxygen atoms in total. The van der Waals surface area contributed by atoms with Crippen LogP contribution in [0.4, 0.5) is 0 Å². The molecule has 0 unspecified atom stereocenters. The molecule has 0 aromatic rings. The van der Waals surface area contributed by atoms with Gasteiger partial charge in [0.1, 0.15) is 0 Å². The van der Waals surface area contributed by atoms with Crippen LogP contribution in [0.15, 0.2) is 12.2 Å². The SMILES string of the molecule is C1=CC2(CCNCC2)COC1.Cl. The van der Waals surface area contributed by atoms with Gasteiger partial charge in [-0.2, -0.15) is 0 Å². The van der Waals surface area contributed by atoms with E-state index in [0.29, 0.717) is 5.41 Å². The molecule has 1 fully saturated rings. The van der Waals surface area contributed by atoms with E-state index in [9.17, 15) is 0 Å². The first-order chi connectivity index (χ1) is 5.41. The summed E-state index contributed by atoms with van der Waals surface area (Å²) in [6.07, 6.45) is 7.00. The monoisotopic (exact) mass is 189 g/mol. The van der Waals surface area contributed by atoms with Crippen LogP contribution >= 0.6 is 12.4 Å². The van der Waals surface area contributed by atoms with E-state index in [2.05, 4.69) is 17.5 Å². The zero-order chi connectivity index (χ0) is 7.57. The molecule has 0 saturated carbocycles. The zero-order valence-electron chi connectivity index (χ0n) is 7.21. The highest BCUT2D eigenvalue weighted by Gasteiger charge is 2.30. The van der Waals surface area contributed by atoms with Crippen molar-refractivity contribution < 1.29 is 4.74 Å². The number of rotatable bonds is 0. The van der Waals surface area contributed by atoms with Crippen molar-refractivity contribution in [1.82, 2.24) is 5.32 Å². The molecule has 2 aliphatic rings. The molecular weight excluding hydrogens is 174 g/mol.